The predicted octanol–water partition coefficient (Wildman–Crippen LogP) is 3.45. The summed E-state index contributed by atoms with van der Waals surface area (Å²) < 4.78 is 10.4. The third-order valence-corrected chi connectivity index (χ3v) is 4.98. The van der Waals surface area contributed by atoms with Crippen LogP contribution in [0.4, 0.5) is 4.79 Å². The van der Waals surface area contributed by atoms with Crippen molar-refractivity contribution in [2.24, 2.45) is 5.92 Å². The molecule has 0 radical (unpaired) electrons. The summed E-state index contributed by atoms with van der Waals surface area (Å²) in [5, 5.41) is 8.72. The second-order valence-electron chi connectivity index (χ2n) is 4.74. The van der Waals surface area contributed by atoms with Crippen LogP contribution in [0.2, 0.25) is 0 Å². The van der Waals surface area contributed by atoms with Gasteiger partial charge in [0.15, 0.2) is 4.34 Å². The molecule has 0 amide bonds. The zero-order valence-electron chi connectivity index (χ0n) is 12.7. The van der Waals surface area contributed by atoms with Gasteiger partial charge in [-0.1, -0.05) is 60.4 Å². The normalized spacial score (nSPS) is 11.7. The van der Waals surface area contributed by atoms with Gasteiger partial charge in [0, 0.05) is 5.75 Å². The number of esters is 1. The zero-order valence-corrected chi connectivity index (χ0v) is 14.4. The molecule has 0 aliphatic rings. The standard InChI is InChI=1S/C15H16N2O4S2/c1-10(9-22-14-17-16-11(2)23-14)13(18)21-15(19)20-8-12-6-4-3-5-7-12/h3-7,10H,8-9H2,1-2H3. The third kappa shape index (κ3) is 5.99. The Morgan fingerprint density at radius 1 is 1.26 bits per heavy atom. The summed E-state index contributed by atoms with van der Waals surface area (Å²) >= 11 is 2.87. The van der Waals surface area contributed by atoms with Crippen LogP contribution < -0.4 is 0 Å². The van der Waals surface area contributed by atoms with E-state index in [1.807, 2.05) is 37.3 Å². The van der Waals surface area contributed by atoms with E-state index in [2.05, 4.69) is 14.9 Å². The van der Waals surface area contributed by atoms with Crippen LogP contribution >= 0.6 is 23.1 Å². The molecule has 1 atom stereocenters. The quantitative estimate of drug-likeness (QED) is 0.447. The molecule has 2 rings (SSSR count). The van der Waals surface area contributed by atoms with Gasteiger partial charge >= 0.3 is 12.1 Å². The Kier molecular flexibility index (Phi) is 6.54. The summed E-state index contributed by atoms with van der Waals surface area (Å²) in [5.74, 6) is -0.607. The predicted molar refractivity (Wildman–Crippen MR) is 87.3 cm³/mol. The van der Waals surface area contributed by atoms with E-state index in [-0.39, 0.29) is 6.61 Å². The number of carbonyl (C=O) groups is 2. The zero-order chi connectivity index (χ0) is 16.7. The fraction of sp³-hybridized carbons (Fsp3) is 0.333. The Labute approximate surface area is 142 Å². The van der Waals surface area contributed by atoms with E-state index in [0.29, 0.717) is 5.75 Å². The van der Waals surface area contributed by atoms with Gasteiger partial charge in [0.1, 0.15) is 11.6 Å². The summed E-state index contributed by atoms with van der Waals surface area (Å²) in [4.78, 5) is 23.3. The SMILES string of the molecule is Cc1nnc(SCC(C)C(=O)OC(=O)OCc2ccccc2)s1. The molecule has 1 unspecified atom stereocenters. The molecule has 0 aliphatic carbocycles. The average Bonchev–Trinajstić information content (AvgIpc) is 2.97. The van der Waals surface area contributed by atoms with Crippen molar-refractivity contribution in [1.29, 1.82) is 0 Å². The Bertz CT molecular complexity index is 661. The van der Waals surface area contributed by atoms with E-state index in [1.54, 1.807) is 6.92 Å². The molecule has 0 N–H and O–H groups in total. The molecule has 122 valence electrons. The maximum atomic E-state index is 11.8. The first-order chi connectivity index (χ1) is 11.0. The minimum Gasteiger partial charge on any atom is -0.429 e. The van der Waals surface area contributed by atoms with Crippen LogP contribution in [-0.4, -0.2) is 28.1 Å². The molecule has 1 aromatic heterocycles. The van der Waals surface area contributed by atoms with Gasteiger partial charge in [0.25, 0.3) is 0 Å². The number of hydrogen-bond donors (Lipinski definition) is 0. The van der Waals surface area contributed by atoms with Gasteiger partial charge in [0.05, 0.1) is 5.92 Å². The van der Waals surface area contributed by atoms with E-state index >= 15 is 0 Å². The maximum Gasteiger partial charge on any atom is 0.516 e. The molecule has 0 bridgehead atoms. The van der Waals surface area contributed by atoms with Crippen molar-refractivity contribution >= 4 is 35.2 Å². The number of thioether (sulfide) groups is 1. The van der Waals surface area contributed by atoms with Crippen molar-refractivity contribution in [1.82, 2.24) is 10.2 Å². The number of aryl methyl sites for hydroxylation is 1. The lowest BCUT2D eigenvalue weighted by atomic mass is 10.2. The van der Waals surface area contributed by atoms with Crippen LogP contribution in [0.1, 0.15) is 17.5 Å². The number of aromatic nitrogens is 2. The Hall–Kier alpha value is -1.93. The largest absolute Gasteiger partial charge is 0.516 e. The maximum absolute atomic E-state index is 11.8. The fourth-order valence-corrected chi connectivity index (χ4v) is 3.37. The highest BCUT2D eigenvalue weighted by Gasteiger charge is 2.20. The summed E-state index contributed by atoms with van der Waals surface area (Å²) in [6.07, 6.45) is -0.984. The highest BCUT2D eigenvalue weighted by atomic mass is 32.2. The lowest BCUT2D eigenvalue weighted by Crippen LogP contribution is -2.21. The molecule has 0 saturated carbocycles. The molecule has 1 aromatic carbocycles. The first-order valence-corrected chi connectivity index (χ1v) is 8.70. The summed E-state index contributed by atoms with van der Waals surface area (Å²) in [6.45, 7) is 3.62. The number of ether oxygens (including phenoxy) is 2. The molecule has 6 nitrogen and oxygen atoms in total. The molecule has 23 heavy (non-hydrogen) atoms. The third-order valence-electron chi connectivity index (χ3n) is 2.75. The van der Waals surface area contributed by atoms with Gasteiger partial charge in [-0.2, -0.15) is 0 Å². The van der Waals surface area contributed by atoms with Crippen LogP contribution in [-0.2, 0) is 20.9 Å². The number of hydrogen-bond acceptors (Lipinski definition) is 8. The number of carbonyl (C=O) groups excluding carboxylic acids is 2. The Balaban J connectivity index is 1.71. The molecule has 1 heterocycles. The molecule has 0 spiro atoms. The second-order valence-corrected chi connectivity index (χ2v) is 7.19. The Morgan fingerprint density at radius 2 is 2.00 bits per heavy atom. The van der Waals surface area contributed by atoms with Gasteiger partial charge in [0.2, 0.25) is 0 Å². The van der Waals surface area contributed by atoms with E-state index in [4.69, 9.17) is 4.74 Å². The summed E-state index contributed by atoms with van der Waals surface area (Å²) in [5.41, 5.74) is 0.826. The first-order valence-electron chi connectivity index (χ1n) is 6.90. The Morgan fingerprint density at radius 3 is 2.65 bits per heavy atom. The minimum atomic E-state index is -0.984. The van der Waals surface area contributed by atoms with Crippen molar-refractivity contribution in [2.75, 3.05) is 5.75 Å². The van der Waals surface area contributed by atoms with Crippen LogP contribution in [0.15, 0.2) is 34.7 Å². The average molecular weight is 352 g/mol. The van der Waals surface area contributed by atoms with Crippen molar-refractivity contribution in [3.63, 3.8) is 0 Å². The lowest BCUT2D eigenvalue weighted by Gasteiger charge is -2.09. The smallest absolute Gasteiger partial charge is 0.429 e. The summed E-state index contributed by atoms with van der Waals surface area (Å²) in [6, 6.07) is 9.17. The van der Waals surface area contributed by atoms with Gasteiger partial charge < -0.3 is 9.47 Å². The van der Waals surface area contributed by atoms with Crippen LogP contribution in [0, 0.1) is 12.8 Å². The van der Waals surface area contributed by atoms with Gasteiger partial charge in [-0.15, -0.1) is 10.2 Å². The van der Waals surface area contributed by atoms with E-state index in [9.17, 15) is 9.59 Å². The second kappa shape index (κ2) is 8.64. The molecular weight excluding hydrogens is 336 g/mol. The van der Waals surface area contributed by atoms with Crippen molar-refractivity contribution < 1.29 is 19.1 Å². The summed E-state index contributed by atoms with van der Waals surface area (Å²) in [7, 11) is 0. The number of nitrogens with zero attached hydrogens (tertiary/aromatic N) is 2. The molecule has 0 fully saturated rings. The molecule has 0 saturated heterocycles. The lowest BCUT2D eigenvalue weighted by molar-refractivity contribution is -0.143. The first kappa shape index (κ1) is 17.4. The molecule has 2 aromatic rings. The van der Waals surface area contributed by atoms with Crippen molar-refractivity contribution in [3.8, 4) is 0 Å². The topological polar surface area (TPSA) is 78.4 Å². The van der Waals surface area contributed by atoms with Crippen LogP contribution in [0.3, 0.4) is 0 Å². The highest BCUT2D eigenvalue weighted by molar-refractivity contribution is 8.01. The van der Waals surface area contributed by atoms with Crippen LogP contribution in [0.25, 0.3) is 0 Å². The van der Waals surface area contributed by atoms with Gasteiger partial charge in [-0.3, -0.25) is 4.79 Å². The van der Waals surface area contributed by atoms with Crippen LogP contribution in [0.5, 0.6) is 0 Å². The number of benzene rings is 1. The monoisotopic (exact) mass is 352 g/mol. The van der Waals surface area contributed by atoms with E-state index < -0.39 is 18.0 Å². The highest BCUT2D eigenvalue weighted by Crippen LogP contribution is 2.24. The van der Waals surface area contributed by atoms with E-state index in [1.165, 1.54) is 23.1 Å². The molecule has 0 aliphatic heterocycles. The van der Waals surface area contributed by atoms with E-state index in [0.717, 1.165) is 14.9 Å². The molecular formula is C15H16N2O4S2. The van der Waals surface area contributed by atoms with Crippen molar-refractivity contribution in [3.05, 3.63) is 40.9 Å². The fourth-order valence-electron chi connectivity index (χ4n) is 1.53. The van der Waals surface area contributed by atoms with Gasteiger partial charge in [-0.05, 0) is 12.5 Å². The molecule has 8 heteroatoms. The minimum absolute atomic E-state index is 0.0696. The van der Waals surface area contributed by atoms with Crippen molar-refractivity contribution in [2.45, 2.75) is 24.8 Å². The number of rotatable bonds is 6. The van der Waals surface area contributed by atoms with Gasteiger partial charge in [-0.25, -0.2) is 4.79 Å².